The largest absolute Gasteiger partial charge is 0.378 e. The van der Waals surface area contributed by atoms with Crippen molar-refractivity contribution in [1.82, 2.24) is 0 Å². The van der Waals surface area contributed by atoms with Crippen molar-refractivity contribution in [2.24, 2.45) is 10.2 Å². The minimum Gasteiger partial charge on any atom is -0.378 e. The molecule has 1 heterocycles. The predicted molar refractivity (Wildman–Crippen MR) is 88.2 cm³/mol. The molecule has 5 nitrogen and oxygen atoms in total. The van der Waals surface area contributed by atoms with Crippen LogP contribution in [0, 0.1) is 36.5 Å². The van der Waals surface area contributed by atoms with Crippen LogP contribution < -0.4 is 4.90 Å². The average Bonchev–Trinajstić information content (AvgIpc) is 2.81. The lowest BCUT2D eigenvalue weighted by Crippen LogP contribution is -2.08. The van der Waals surface area contributed by atoms with E-state index >= 15 is 0 Å². The number of nitriles is 2. The molecular formula is C16H15N5S. The summed E-state index contributed by atoms with van der Waals surface area (Å²) in [6.07, 6.45) is 0. The Kier molecular flexibility index (Phi) is 4.55. The Balaban J connectivity index is 2.38. The van der Waals surface area contributed by atoms with Crippen LogP contribution in [0.5, 0.6) is 0 Å². The summed E-state index contributed by atoms with van der Waals surface area (Å²) in [5.41, 5.74) is 3.94. The Labute approximate surface area is 133 Å². The molecule has 0 bridgehead atoms. The van der Waals surface area contributed by atoms with Gasteiger partial charge < -0.3 is 4.90 Å². The predicted octanol–water partition coefficient (Wildman–Crippen LogP) is 4.59. The summed E-state index contributed by atoms with van der Waals surface area (Å²) in [5, 5.41) is 27.1. The van der Waals surface area contributed by atoms with Gasteiger partial charge in [0.1, 0.15) is 17.0 Å². The van der Waals surface area contributed by atoms with Crippen LogP contribution in [0.15, 0.2) is 28.4 Å². The third-order valence-electron chi connectivity index (χ3n) is 3.29. The fraction of sp³-hybridized carbons (Fsp3) is 0.250. The van der Waals surface area contributed by atoms with Crippen LogP contribution in [0.2, 0.25) is 0 Å². The van der Waals surface area contributed by atoms with Crippen molar-refractivity contribution >= 4 is 27.7 Å². The number of aryl methyl sites for hydroxylation is 1. The minimum absolute atomic E-state index is 0.424. The van der Waals surface area contributed by atoms with Gasteiger partial charge in [0.25, 0.3) is 0 Å². The first-order chi connectivity index (χ1) is 10.5. The van der Waals surface area contributed by atoms with Crippen LogP contribution in [0.25, 0.3) is 0 Å². The second-order valence-electron chi connectivity index (χ2n) is 5.03. The highest BCUT2D eigenvalue weighted by molar-refractivity contribution is 7.16. The number of benzene rings is 1. The molecule has 0 spiro atoms. The van der Waals surface area contributed by atoms with Gasteiger partial charge in [-0.2, -0.15) is 10.5 Å². The molecule has 0 atom stereocenters. The van der Waals surface area contributed by atoms with Crippen LogP contribution in [-0.2, 0) is 0 Å². The molecule has 0 fully saturated rings. The van der Waals surface area contributed by atoms with Crippen molar-refractivity contribution < 1.29 is 0 Å². The Morgan fingerprint density at radius 1 is 1.09 bits per heavy atom. The van der Waals surface area contributed by atoms with E-state index < -0.39 is 0 Å². The third kappa shape index (κ3) is 2.98. The zero-order valence-corrected chi connectivity index (χ0v) is 13.7. The van der Waals surface area contributed by atoms with E-state index in [-0.39, 0.29) is 0 Å². The summed E-state index contributed by atoms with van der Waals surface area (Å²) >= 11 is 1.19. The molecule has 0 unspecified atom stereocenters. The summed E-state index contributed by atoms with van der Waals surface area (Å²) in [4.78, 5) is 2.52. The first-order valence-corrected chi connectivity index (χ1v) is 7.43. The summed E-state index contributed by atoms with van der Waals surface area (Å²) in [7, 11) is 3.96. The SMILES string of the molecule is Cc1cc(N(C)C)ccc1N=Nc1sc(C#N)c(C)c1C#N. The Bertz CT molecular complexity index is 818. The maximum absolute atomic E-state index is 9.20. The second kappa shape index (κ2) is 6.38. The standard InChI is InChI=1S/C16H15N5S/c1-10-7-12(21(3)4)5-6-14(10)19-20-16-13(8-17)11(2)15(9-18)22-16/h5-7H,1-4H3. The van der Waals surface area contributed by atoms with Gasteiger partial charge in [0.05, 0.1) is 11.3 Å². The fourth-order valence-corrected chi connectivity index (χ4v) is 2.81. The van der Waals surface area contributed by atoms with E-state index in [1.807, 2.05) is 44.1 Å². The quantitative estimate of drug-likeness (QED) is 0.778. The monoisotopic (exact) mass is 309 g/mol. The van der Waals surface area contributed by atoms with Gasteiger partial charge in [0, 0.05) is 19.8 Å². The molecule has 0 amide bonds. The molecule has 0 saturated heterocycles. The number of azo groups is 1. The maximum Gasteiger partial charge on any atom is 0.158 e. The van der Waals surface area contributed by atoms with Gasteiger partial charge in [-0.05, 0) is 43.2 Å². The van der Waals surface area contributed by atoms with Crippen molar-refractivity contribution in [3.05, 3.63) is 39.8 Å². The molecule has 0 radical (unpaired) electrons. The first kappa shape index (κ1) is 15.7. The average molecular weight is 309 g/mol. The molecule has 2 rings (SSSR count). The zero-order valence-electron chi connectivity index (χ0n) is 12.9. The highest BCUT2D eigenvalue weighted by atomic mass is 32.1. The molecule has 1 aromatic heterocycles. The summed E-state index contributed by atoms with van der Waals surface area (Å²) < 4.78 is 0. The molecule has 0 aliphatic rings. The van der Waals surface area contributed by atoms with Crippen LogP contribution in [-0.4, -0.2) is 14.1 Å². The molecule has 0 N–H and O–H groups in total. The highest BCUT2D eigenvalue weighted by Gasteiger charge is 2.14. The molecule has 6 heteroatoms. The number of anilines is 1. The van der Waals surface area contributed by atoms with Crippen LogP contribution in [0.1, 0.15) is 21.6 Å². The lowest BCUT2D eigenvalue weighted by Gasteiger charge is -2.13. The van der Waals surface area contributed by atoms with Crippen molar-refractivity contribution in [2.45, 2.75) is 13.8 Å². The van der Waals surface area contributed by atoms with Gasteiger partial charge in [0.15, 0.2) is 5.00 Å². The van der Waals surface area contributed by atoms with E-state index in [4.69, 9.17) is 5.26 Å². The third-order valence-corrected chi connectivity index (χ3v) is 4.37. The number of nitrogens with zero attached hydrogens (tertiary/aromatic N) is 5. The Morgan fingerprint density at radius 2 is 1.82 bits per heavy atom. The van der Waals surface area contributed by atoms with E-state index in [0.717, 1.165) is 16.9 Å². The van der Waals surface area contributed by atoms with Crippen LogP contribution >= 0.6 is 11.3 Å². The fourth-order valence-electron chi connectivity index (χ4n) is 1.94. The van der Waals surface area contributed by atoms with Gasteiger partial charge >= 0.3 is 0 Å². The molecule has 2 aromatic rings. The molecule has 0 saturated carbocycles. The van der Waals surface area contributed by atoms with Crippen molar-refractivity contribution in [3.63, 3.8) is 0 Å². The summed E-state index contributed by atoms with van der Waals surface area (Å²) in [6, 6.07) is 10.1. The molecule has 1 aromatic carbocycles. The smallest absolute Gasteiger partial charge is 0.158 e. The van der Waals surface area contributed by atoms with Crippen molar-refractivity contribution in [3.8, 4) is 12.1 Å². The van der Waals surface area contributed by atoms with Gasteiger partial charge in [-0.1, -0.05) is 0 Å². The maximum atomic E-state index is 9.20. The van der Waals surface area contributed by atoms with Gasteiger partial charge in [0.2, 0.25) is 0 Å². The zero-order chi connectivity index (χ0) is 16.3. The summed E-state index contributed by atoms with van der Waals surface area (Å²) in [6.45, 7) is 3.72. The molecular weight excluding hydrogens is 294 g/mol. The molecule has 22 heavy (non-hydrogen) atoms. The summed E-state index contributed by atoms with van der Waals surface area (Å²) in [5.74, 6) is 0. The van der Waals surface area contributed by atoms with Crippen LogP contribution in [0.4, 0.5) is 16.4 Å². The van der Waals surface area contributed by atoms with E-state index in [1.165, 1.54) is 11.3 Å². The first-order valence-electron chi connectivity index (χ1n) is 6.61. The Hall–Kier alpha value is -2.70. The number of hydrogen-bond acceptors (Lipinski definition) is 6. The molecule has 110 valence electrons. The van der Waals surface area contributed by atoms with Gasteiger partial charge in [-0.3, -0.25) is 0 Å². The van der Waals surface area contributed by atoms with E-state index in [2.05, 4.69) is 22.4 Å². The van der Waals surface area contributed by atoms with Crippen LogP contribution in [0.3, 0.4) is 0 Å². The van der Waals surface area contributed by atoms with Gasteiger partial charge in [-0.15, -0.1) is 21.6 Å². The lowest BCUT2D eigenvalue weighted by atomic mass is 10.2. The Morgan fingerprint density at radius 3 is 2.36 bits per heavy atom. The topological polar surface area (TPSA) is 75.5 Å². The van der Waals surface area contributed by atoms with E-state index in [1.54, 1.807) is 6.92 Å². The van der Waals surface area contributed by atoms with Crippen molar-refractivity contribution in [2.75, 3.05) is 19.0 Å². The van der Waals surface area contributed by atoms with Gasteiger partial charge in [-0.25, -0.2) is 0 Å². The highest BCUT2D eigenvalue weighted by Crippen LogP contribution is 2.35. The number of thiophene rings is 1. The van der Waals surface area contributed by atoms with E-state index in [0.29, 0.717) is 21.0 Å². The minimum atomic E-state index is 0.424. The second-order valence-corrected chi connectivity index (χ2v) is 6.02. The van der Waals surface area contributed by atoms with Crippen molar-refractivity contribution in [1.29, 1.82) is 10.5 Å². The lowest BCUT2D eigenvalue weighted by molar-refractivity contribution is 1.12. The normalized spacial score (nSPS) is 10.5. The van der Waals surface area contributed by atoms with E-state index in [9.17, 15) is 5.26 Å². The number of hydrogen-bond donors (Lipinski definition) is 0. The molecule has 0 aliphatic heterocycles. The molecule has 0 aliphatic carbocycles. The number of rotatable bonds is 3.